The zero-order chi connectivity index (χ0) is 16.3. The van der Waals surface area contributed by atoms with E-state index in [2.05, 4.69) is 33.9 Å². The van der Waals surface area contributed by atoms with Gasteiger partial charge in [0.25, 0.3) is 0 Å². The van der Waals surface area contributed by atoms with E-state index in [0.717, 1.165) is 5.56 Å². The summed E-state index contributed by atoms with van der Waals surface area (Å²) in [6.45, 7) is 10.8. The number of halogens is 3. The molecule has 0 heterocycles. The summed E-state index contributed by atoms with van der Waals surface area (Å²) < 4.78 is 4.76. The second-order valence-electron chi connectivity index (χ2n) is 6.61. The van der Waals surface area contributed by atoms with Crippen LogP contribution in [0.2, 0.25) is 18.1 Å². The first kappa shape index (κ1) is 19.1. The van der Waals surface area contributed by atoms with Gasteiger partial charge in [-0.2, -0.15) is 0 Å². The summed E-state index contributed by atoms with van der Waals surface area (Å²) in [4.78, 5) is 0. The summed E-state index contributed by atoms with van der Waals surface area (Å²) in [5.41, 5.74) is 1.05. The van der Waals surface area contributed by atoms with Crippen LogP contribution in [0.25, 0.3) is 6.08 Å². The largest absolute Gasteiger partial charge is 0.406 e. The molecule has 0 aromatic heterocycles. The molecule has 1 aromatic carbocycles. The molecule has 0 bridgehead atoms. The van der Waals surface area contributed by atoms with E-state index in [1.54, 1.807) is 0 Å². The van der Waals surface area contributed by atoms with Crippen molar-refractivity contribution < 1.29 is 4.43 Å². The maximum Gasteiger partial charge on any atom is 0.218 e. The monoisotopic (exact) mass is 364 g/mol. The molecule has 1 rings (SSSR count). The molecule has 1 nitrogen and oxygen atoms in total. The van der Waals surface area contributed by atoms with Gasteiger partial charge in [0.15, 0.2) is 8.32 Å². The minimum absolute atomic E-state index is 0.0573. The maximum absolute atomic E-state index is 6.24. The molecule has 1 unspecified atom stereocenters. The molecule has 1 atom stereocenters. The quantitative estimate of drug-likeness (QED) is 0.439. The Hall–Kier alpha value is 0.00688. The smallest absolute Gasteiger partial charge is 0.218 e. The van der Waals surface area contributed by atoms with Crippen molar-refractivity contribution in [3.8, 4) is 0 Å². The molecule has 21 heavy (non-hydrogen) atoms. The fourth-order valence-corrected chi connectivity index (χ4v) is 3.29. The van der Waals surface area contributed by atoms with Crippen molar-refractivity contribution in [2.24, 2.45) is 0 Å². The van der Waals surface area contributed by atoms with Crippen LogP contribution in [0.15, 0.2) is 36.4 Å². The SMILES string of the molecule is CC(C)(C)[Si](C)(C)OC(/C=C/c1ccccc1)C(Cl)(Cl)Cl. The standard InChI is InChI=1S/C16H23Cl3OSi/c1-15(2,3)21(4,5)20-14(16(17,18)19)12-11-13-9-7-6-8-10-13/h6-12,14H,1-5H3/b12-11+. The molecule has 0 aliphatic heterocycles. The van der Waals surface area contributed by atoms with E-state index in [4.69, 9.17) is 39.2 Å². The summed E-state index contributed by atoms with van der Waals surface area (Å²) in [5.74, 6) is 0. The molecule has 0 saturated heterocycles. The zero-order valence-electron chi connectivity index (χ0n) is 13.2. The van der Waals surface area contributed by atoms with Gasteiger partial charge >= 0.3 is 0 Å². The van der Waals surface area contributed by atoms with Crippen LogP contribution in [-0.4, -0.2) is 18.2 Å². The highest BCUT2D eigenvalue weighted by Crippen LogP contribution is 2.42. The fraction of sp³-hybridized carbons (Fsp3) is 0.500. The van der Waals surface area contributed by atoms with Crippen molar-refractivity contribution in [2.45, 2.75) is 48.8 Å². The normalized spacial score (nSPS) is 15.4. The topological polar surface area (TPSA) is 9.23 Å². The molecule has 5 heteroatoms. The summed E-state index contributed by atoms with van der Waals surface area (Å²) in [7, 11) is -2.02. The first-order valence-corrected chi connectivity index (χ1v) is 11.0. The van der Waals surface area contributed by atoms with Crippen LogP contribution in [0.5, 0.6) is 0 Å². The van der Waals surface area contributed by atoms with E-state index >= 15 is 0 Å². The minimum Gasteiger partial charge on any atom is -0.406 e. The fourth-order valence-electron chi connectivity index (χ4n) is 1.47. The first-order valence-electron chi connectivity index (χ1n) is 6.91. The van der Waals surface area contributed by atoms with Crippen LogP contribution in [0.1, 0.15) is 26.3 Å². The highest BCUT2D eigenvalue weighted by atomic mass is 35.6. The number of hydrogen-bond acceptors (Lipinski definition) is 1. The van der Waals surface area contributed by atoms with Crippen molar-refractivity contribution in [1.82, 2.24) is 0 Å². The average Bonchev–Trinajstić information content (AvgIpc) is 2.33. The lowest BCUT2D eigenvalue weighted by Crippen LogP contribution is -2.46. The van der Waals surface area contributed by atoms with Gasteiger partial charge in [-0.1, -0.05) is 98.1 Å². The molecule has 0 spiro atoms. The van der Waals surface area contributed by atoms with Gasteiger partial charge in [-0.25, -0.2) is 0 Å². The Morgan fingerprint density at radius 2 is 1.57 bits per heavy atom. The Balaban J connectivity index is 2.96. The van der Waals surface area contributed by atoms with Gasteiger partial charge < -0.3 is 4.43 Å². The maximum atomic E-state index is 6.24. The number of alkyl halides is 3. The van der Waals surface area contributed by atoms with Crippen LogP contribution >= 0.6 is 34.8 Å². The Kier molecular flexibility index (Phi) is 6.40. The van der Waals surface area contributed by atoms with Crippen molar-refractivity contribution in [3.05, 3.63) is 42.0 Å². The second kappa shape index (κ2) is 7.06. The van der Waals surface area contributed by atoms with Crippen LogP contribution in [0.3, 0.4) is 0 Å². The second-order valence-corrected chi connectivity index (χ2v) is 13.7. The van der Waals surface area contributed by atoms with E-state index in [1.165, 1.54) is 0 Å². The first-order chi connectivity index (χ1) is 9.43. The summed E-state index contributed by atoms with van der Waals surface area (Å²) in [5, 5.41) is 0.0573. The molecule has 0 N–H and O–H groups in total. The van der Waals surface area contributed by atoms with E-state index < -0.39 is 18.2 Å². The van der Waals surface area contributed by atoms with Gasteiger partial charge in [0.05, 0.1) is 0 Å². The molecule has 0 saturated carbocycles. The van der Waals surface area contributed by atoms with Crippen molar-refractivity contribution in [1.29, 1.82) is 0 Å². The van der Waals surface area contributed by atoms with Crippen LogP contribution in [-0.2, 0) is 4.43 Å². The summed E-state index contributed by atoms with van der Waals surface area (Å²) in [6, 6.07) is 9.91. The zero-order valence-corrected chi connectivity index (χ0v) is 16.4. The molecular formula is C16H23Cl3OSi. The third kappa shape index (κ3) is 5.95. The highest BCUT2D eigenvalue weighted by Gasteiger charge is 2.43. The third-order valence-electron chi connectivity index (χ3n) is 3.81. The van der Waals surface area contributed by atoms with Crippen molar-refractivity contribution in [3.63, 3.8) is 0 Å². The van der Waals surface area contributed by atoms with Crippen molar-refractivity contribution >= 4 is 49.2 Å². The molecule has 0 fully saturated rings. The van der Waals surface area contributed by atoms with Crippen LogP contribution < -0.4 is 0 Å². The minimum atomic E-state index is -2.02. The van der Waals surface area contributed by atoms with Gasteiger partial charge in [0, 0.05) is 0 Å². The van der Waals surface area contributed by atoms with Gasteiger partial charge in [-0.3, -0.25) is 0 Å². The Bertz CT molecular complexity index is 473. The van der Waals surface area contributed by atoms with E-state index in [1.807, 2.05) is 42.5 Å². The van der Waals surface area contributed by atoms with E-state index in [9.17, 15) is 0 Å². The molecular weight excluding hydrogens is 343 g/mol. The number of rotatable bonds is 4. The summed E-state index contributed by atoms with van der Waals surface area (Å²) in [6.07, 6.45) is 3.20. The average molecular weight is 366 g/mol. The molecule has 0 aliphatic carbocycles. The van der Waals surface area contributed by atoms with Crippen molar-refractivity contribution in [2.75, 3.05) is 0 Å². The predicted octanol–water partition coefficient (Wildman–Crippen LogP) is 6.46. The van der Waals surface area contributed by atoms with E-state index in [-0.39, 0.29) is 5.04 Å². The van der Waals surface area contributed by atoms with Gasteiger partial charge in [-0.05, 0) is 23.7 Å². The predicted molar refractivity (Wildman–Crippen MR) is 97.8 cm³/mol. The highest BCUT2D eigenvalue weighted by molar-refractivity contribution is 6.74. The number of benzene rings is 1. The Morgan fingerprint density at radius 1 is 1.05 bits per heavy atom. The molecule has 0 amide bonds. The lowest BCUT2D eigenvalue weighted by molar-refractivity contribution is 0.229. The van der Waals surface area contributed by atoms with E-state index in [0.29, 0.717) is 0 Å². The number of hydrogen-bond donors (Lipinski definition) is 0. The molecule has 0 aliphatic rings. The Morgan fingerprint density at radius 3 is 2.00 bits per heavy atom. The summed E-state index contributed by atoms with van der Waals surface area (Å²) >= 11 is 18.3. The van der Waals surface area contributed by atoms with Gasteiger partial charge in [0.2, 0.25) is 3.79 Å². The van der Waals surface area contributed by atoms with Crippen LogP contribution in [0, 0.1) is 0 Å². The molecule has 0 radical (unpaired) electrons. The van der Waals surface area contributed by atoms with Gasteiger partial charge in [-0.15, -0.1) is 0 Å². The lowest BCUT2D eigenvalue weighted by atomic mass is 10.2. The third-order valence-corrected chi connectivity index (χ3v) is 8.91. The Labute approximate surface area is 144 Å². The lowest BCUT2D eigenvalue weighted by Gasteiger charge is -2.40. The molecule has 1 aromatic rings. The van der Waals surface area contributed by atoms with Crippen LogP contribution in [0.4, 0.5) is 0 Å². The van der Waals surface area contributed by atoms with Gasteiger partial charge in [0.1, 0.15) is 6.10 Å². The molecule has 118 valence electrons.